The number of hydrogen-bond donors (Lipinski definition) is 1. The van der Waals surface area contributed by atoms with Crippen LogP contribution in [0.4, 0.5) is 18.9 Å². The van der Waals surface area contributed by atoms with Crippen LogP contribution in [0.15, 0.2) is 24.3 Å². The molecule has 0 saturated carbocycles. The van der Waals surface area contributed by atoms with Crippen molar-refractivity contribution in [2.24, 2.45) is 0 Å². The standard InChI is InChI=1S/C12H16F3NO2/c1-17-9-5-4-8-16-10-6-2-3-7-11(10)18-12(13,14)15/h2-3,6-7,16H,4-5,8-9H2,1H3. The SMILES string of the molecule is COCCCCNc1ccccc1OC(F)(F)F. The number of halogens is 3. The van der Waals surface area contributed by atoms with Gasteiger partial charge in [-0.15, -0.1) is 13.2 Å². The maximum absolute atomic E-state index is 12.1. The van der Waals surface area contributed by atoms with E-state index < -0.39 is 6.36 Å². The Morgan fingerprint density at radius 1 is 1.17 bits per heavy atom. The molecule has 0 bridgehead atoms. The van der Waals surface area contributed by atoms with Crippen molar-refractivity contribution >= 4 is 5.69 Å². The molecular formula is C12H16F3NO2. The lowest BCUT2D eigenvalue weighted by Crippen LogP contribution is -2.18. The number of benzene rings is 1. The van der Waals surface area contributed by atoms with E-state index in [1.54, 1.807) is 19.2 Å². The number of anilines is 1. The number of para-hydroxylation sites is 2. The van der Waals surface area contributed by atoms with Gasteiger partial charge in [0, 0.05) is 20.3 Å². The molecule has 0 aliphatic rings. The number of hydrogen-bond acceptors (Lipinski definition) is 3. The third kappa shape index (κ3) is 5.77. The van der Waals surface area contributed by atoms with E-state index in [4.69, 9.17) is 4.74 Å². The minimum Gasteiger partial charge on any atom is -0.404 e. The predicted molar refractivity (Wildman–Crippen MR) is 62.7 cm³/mol. The molecule has 102 valence electrons. The summed E-state index contributed by atoms with van der Waals surface area (Å²) < 4.78 is 45.2. The molecule has 1 aromatic rings. The third-order valence-corrected chi connectivity index (χ3v) is 2.20. The second-order valence-electron chi connectivity index (χ2n) is 3.67. The van der Waals surface area contributed by atoms with Gasteiger partial charge in [-0.05, 0) is 25.0 Å². The zero-order valence-electron chi connectivity index (χ0n) is 10.1. The van der Waals surface area contributed by atoms with Crippen molar-refractivity contribution in [2.75, 3.05) is 25.6 Å². The molecule has 1 rings (SSSR count). The monoisotopic (exact) mass is 263 g/mol. The van der Waals surface area contributed by atoms with Crippen LogP contribution in [0.25, 0.3) is 0 Å². The summed E-state index contributed by atoms with van der Waals surface area (Å²) in [6.07, 6.45) is -3.01. The van der Waals surface area contributed by atoms with Crippen molar-refractivity contribution in [3.8, 4) is 5.75 Å². The number of methoxy groups -OCH3 is 1. The van der Waals surface area contributed by atoms with E-state index in [1.165, 1.54) is 12.1 Å². The van der Waals surface area contributed by atoms with Gasteiger partial charge < -0.3 is 14.8 Å². The van der Waals surface area contributed by atoms with Gasteiger partial charge in [0.05, 0.1) is 5.69 Å². The molecule has 3 nitrogen and oxygen atoms in total. The smallest absolute Gasteiger partial charge is 0.404 e. The molecule has 18 heavy (non-hydrogen) atoms. The lowest BCUT2D eigenvalue weighted by molar-refractivity contribution is -0.274. The summed E-state index contributed by atoms with van der Waals surface area (Å²) in [4.78, 5) is 0. The highest BCUT2D eigenvalue weighted by molar-refractivity contribution is 5.56. The number of nitrogens with one attached hydrogen (secondary N) is 1. The van der Waals surface area contributed by atoms with Gasteiger partial charge in [0.2, 0.25) is 0 Å². The fraction of sp³-hybridized carbons (Fsp3) is 0.500. The second kappa shape index (κ2) is 7.10. The summed E-state index contributed by atoms with van der Waals surface area (Å²) in [6, 6.07) is 5.99. The van der Waals surface area contributed by atoms with Crippen molar-refractivity contribution in [3.63, 3.8) is 0 Å². The average Bonchev–Trinajstić information content (AvgIpc) is 2.29. The predicted octanol–water partition coefficient (Wildman–Crippen LogP) is 3.42. The van der Waals surface area contributed by atoms with E-state index in [0.717, 1.165) is 12.8 Å². The quantitative estimate of drug-likeness (QED) is 0.764. The summed E-state index contributed by atoms with van der Waals surface area (Å²) in [5.74, 6) is -0.211. The van der Waals surface area contributed by atoms with Crippen molar-refractivity contribution in [3.05, 3.63) is 24.3 Å². The second-order valence-corrected chi connectivity index (χ2v) is 3.67. The van der Waals surface area contributed by atoms with Gasteiger partial charge in [0.1, 0.15) is 0 Å². The van der Waals surface area contributed by atoms with Gasteiger partial charge in [-0.3, -0.25) is 0 Å². The van der Waals surface area contributed by atoms with E-state index in [9.17, 15) is 13.2 Å². The Hall–Kier alpha value is -1.43. The van der Waals surface area contributed by atoms with Gasteiger partial charge >= 0.3 is 6.36 Å². The van der Waals surface area contributed by atoms with Gasteiger partial charge in [0.15, 0.2) is 5.75 Å². The molecule has 0 unspecified atom stereocenters. The molecule has 0 aliphatic carbocycles. The normalized spacial score (nSPS) is 11.3. The van der Waals surface area contributed by atoms with E-state index in [0.29, 0.717) is 18.8 Å². The highest BCUT2D eigenvalue weighted by Gasteiger charge is 2.31. The maximum atomic E-state index is 12.1. The first-order valence-corrected chi connectivity index (χ1v) is 5.60. The van der Waals surface area contributed by atoms with Crippen LogP contribution < -0.4 is 10.1 Å². The molecule has 0 fully saturated rings. The van der Waals surface area contributed by atoms with Gasteiger partial charge in [0.25, 0.3) is 0 Å². The topological polar surface area (TPSA) is 30.5 Å². The maximum Gasteiger partial charge on any atom is 0.573 e. The van der Waals surface area contributed by atoms with E-state index in [1.807, 2.05) is 0 Å². The lowest BCUT2D eigenvalue weighted by Gasteiger charge is -2.14. The van der Waals surface area contributed by atoms with Crippen molar-refractivity contribution in [2.45, 2.75) is 19.2 Å². The first kappa shape index (κ1) is 14.6. The fourth-order valence-corrected chi connectivity index (χ4v) is 1.42. The molecule has 0 heterocycles. The Kier molecular flexibility index (Phi) is 5.77. The molecule has 0 atom stereocenters. The molecule has 0 amide bonds. The summed E-state index contributed by atoms with van der Waals surface area (Å²) in [5.41, 5.74) is 0.340. The van der Waals surface area contributed by atoms with Crippen LogP contribution in [0.2, 0.25) is 0 Å². The molecule has 0 spiro atoms. The Bertz CT molecular complexity index is 355. The minimum absolute atomic E-state index is 0.211. The molecule has 1 aromatic carbocycles. The zero-order valence-corrected chi connectivity index (χ0v) is 10.1. The summed E-state index contributed by atoms with van der Waals surface area (Å²) in [5, 5.41) is 2.91. The van der Waals surface area contributed by atoms with Crippen LogP contribution in [0.1, 0.15) is 12.8 Å². The first-order chi connectivity index (χ1) is 8.53. The van der Waals surface area contributed by atoms with Crippen molar-refractivity contribution in [1.82, 2.24) is 0 Å². The minimum atomic E-state index is -4.67. The lowest BCUT2D eigenvalue weighted by atomic mass is 10.2. The van der Waals surface area contributed by atoms with Gasteiger partial charge in [-0.2, -0.15) is 0 Å². The number of alkyl halides is 3. The molecule has 6 heteroatoms. The number of unbranched alkanes of at least 4 members (excludes halogenated alkanes) is 1. The Labute approximate surface area is 104 Å². The van der Waals surface area contributed by atoms with Crippen LogP contribution in [-0.2, 0) is 4.74 Å². The van der Waals surface area contributed by atoms with Crippen LogP contribution in [0.5, 0.6) is 5.75 Å². The molecular weight excluding hydrogens is 247 g/mol. The van der Waals surface area contributed by atoms with Crippen LogP contribution in [0.3, 0.4) is 0 Å². The Balaban J connectivity index is 2.49. The van der Waals surface area contributed by atoms with E-state index >= 15 is 0 Å². The summed E-state index contributed by atoms with van der Waals surface area (Å²) in [7, 11) is 1.61. The average molecular weight is 263 g/mol. The molecule has 0 radical (unpaired) electrons. The fourth-order valence-electron chi connectivity index (χ4n) is 1.42. The highest BCUT2D eigenvalue weighted by atomic mass is 19.4. The largest absolute Gasteiger partial charge is 0.573 e. The van der Waals surface area contributed by atoms with Gasteiger partial charge in [-0.1, -0.05) is 12.1 Å². The van der Waals surface area contributed by atoms with Crippen molar-refractivity contribution < 1.29 is 22.6 Å². The van der Waals surface area contributed by atoms with Crippen LogP contribution in [0, 0.1) is 0 Å². The Morgan fingerprint density at radius 2 is 1.89 bits per heavy atom. The molecule has 1 N–H and O–H groups in total. The van der Waals surface area contributed by atoms with Crippen molar-refractivity contribution in [1.29, 1.82) is 0 Å². The molecule has 0 saturated heterocycles. The van der Waals surface area contributed by atoms with E-state index in [2.05, 4.69) is 10.1 Å². The molecule has 0 aromatic heterocycles. The Morgan fingerprint density at radius 3 is 2.56 bits per heavy atom. The zero-order chi connectivity index (χ0) is 13.4. The molecule has 0 aliphatic heterocycles. The highest BCUT2D eigenvalue weighted by Crippen LogP contribution is 2.29. The van der Waals surface area contributed by atoms with Crippen LogP contribution >= 0.6 is 0 Å². The summed E-state index contributed by atoms with van der Waals surface area (Å²) >= 11 is 0. The van der Waals surface area contributed by atoms with E-state index in [-0.39, 0.29) is 5.75 Å². The number of ether oxygens (including phenoxy) is 2. The third-order valence-electron chi connectivity index (χ3n) is 2.20. The van der Waals surface area contributed by atoms with Crippen LogP contribution in [-0.4, -0.2) is 26.6 Å². The first-order valence-electron chi connectivity index (χ1n) is 5.60. The summed E-state index contributed by atoms with van der Waals surface area (Å²) in [6.45, 7) is 1.21. The van der Waals surface area contributed by atoms with Gasteiger partial charge in [-0.25, -0.2) is 0 Å². The number of rotatable bonds is 7.